The molecule has 0 fully saturated rings. The van der Waals surface area contributed by atoms with Crippen LogP contribution in [0.1, 0.15) is 21.7 Å². The molecule has 0 unspecified atom stereocenters. The van der Waals surface area contributed by atoms with E-state index in [2.05, 4.69) is 18.0 Å². The molecule has 4 aromatic rings. The van der Waals surface area contributed by atoms with Gasteiger partial charge < -0.3 is 4.57 Å². The minimum absolute atomic E-state index is 0. The zero-order valence-corrected chi connectivity index (χ0v) is 18.2. The van der Waals surface area contributed by atoms with Gasteiger partial charge in [-0.3, -0.25) is 9.69 Å². The molecule has 4 rings (SSSR count). The number of halogens is 2. The largest absolute Gasteiger partial charge is 0.337 e. The third-order valence-electron chi connectivity index (χ3n) is 4.15. The first-order valence-electron chi connectivity index (χ1n) is 8.50. The van der Waals surface area contributed by atoms with E-state index in [1.807, 2.05) is 22.9 Å². The van der Waals surface area contributed by atoms with E-state index in [1.165, 1.54) is 16.9 Å². The van der Waals surface area contributed by atoms with Crippen LogP contribution in [0.15, 0.2) is 49.1 Å². The average molecular weight is 453 g/mol. The summed E-state index contributed by atoms with van der Waals surface area (Å²) in [4.78, 5) is 24.3. The standard InChI is InChI=1S/C19H17ClN4OS2.ClH/c1-13-3-4-14-16(11-13)27-19(22-14)24(9-2-8-23-10-7-21-12-23)18(25)15-5-6-17(20)26-15;/h3-7,10-12H,2,8-9H2,1H3;1H. The van der Waals surface area contributed by atoms with E-state index >= 15 is 0 Å². The normalized spacial score (nSPS) is 10.8. The van der Waals surface area contributed by atoms with Gasteiger partial charge in [-0.15, -0.1) is 23.7 Å². The number of aryl methyl sites for hydroxylation is 2. The number of carbonyl (C=O) groups excluding carboxylic acids is 1. The van der Waals surface area contributed by atoms with Crippen molar-refractivity contribution in [3.8, 4) is 0 Å². The Kier molecular flexibility index (Phi) is 6.72. The quantitative estimate of drug-likeness (QED) is 0.378. The first-order valence-corrected chi connectivity index (χ1v) is 10.5. The maximum atomic E-state index is 13.1. The lowest BCUT2D eigenvalue weighted by Gasteiger charge is -2.19. The van der Waals surface area contributed by atoms with Gasteiger partial charge in [0.25, 0.3) is 5.91 Å². The Morgan fingerprint density at radius 2 is 2.11 bits per heavy atom. The second kappa shape index (κ2) is 9.05. The molecular weight excluding hydrogens is 435 g/mol. The number of imidazole rings is 1. The smallest absolute Gasteiger partial charge is 0.270 e. The molecule has 0 saturated heterocycles. The predicted octanol–water partition coefficient (Wildman–Crippen LogP) is 5.68. The molecule has 1 aromatic carbocycles. The van der Waals surface area contributed by atoms with Crippen molar-refractivity contribution >= 4 is 67.9 Å². The molecule has 3 aromatic heterocycles. The number of nitrogens with zero attached hydrogens (tertiary/aromatic N) is 4. The van der Waals surface area contributed by atoms with Gasteiger partial charge in [0.2, 0.25) is 0 Å². The van der Waals surface area contributed by atoms with Gasteiger partial charge in [0, 0.05) is 25.5 Å². The summed E-state index contributed by atoms with van der Waals surface area (Å²) in [6, 6.07) is 9.67. The minimum atomic E-state index is -0.0618. The van der Waals surface area contributed by atoms with Crippen LogP contribution >= 0.6 is 46.7 Å². The molecule has 9 heteroatoms. The molecule has 1 amide bonds. The van der Waals surface area contributed by atoms with Crippen molar-refractivity contribution in [1.29, 1.82) is 0 Å². The molecule has 0 spiro atoms. The van der Waals surface area contributed by atoms with Crippen molar-refractivity contribution in [1.82, 2.24) is 14.5 Å². The third kappa shape index (κ3) is 4.55. The molecule has 5 nitrogen and oxygen atoms in total. The highest BCUT2D eigenvalue weighted by atomic mass is 35.5. The van der Waals surface area contributed by atoms with Gasteiger partial charge in [-0.25, -0.2) is 9.97 Å². The lowest BCUT2D eigenvalue weighted by Crippen LogP contribution is -2.31. The van der Waals surface area contributed by atoms with E-state index in [0.29, 0.717) is 15.8 Å². The van der Waals surface area contributed by atoms with Crippen LogP contribution in [0.5, 0.6) is 0 Å². The van der Waals surface area contributed by atoms with Gasteiger partial charge in [-0.05, 0) is 43.2 Å². The zero-order chi connectivity index (χ0) is 18.8. The Morgan fingerprint density at radius 1 is 1.25 bits per heavy atom. The fourth-order valence-electron chi connectivity index (χ4n) is 2.81. The van der Waals surface area contributed by atoms with Gasteiger partial charge in [0.1, 0.15) is 0 Å². The number of carbonyl (C=O) groups is 1. The Hall–Kier alpha value is -1.93. The lowest BCUT2D eigenvalue weighted by atomic mass is 10.2. The first-order chi connectivity index (χ1) is 13.1. The fourth-order valence-corrected chi connectivity index (χ4v) is 4.89. The summed E-state index contributed by atoms with van der Waals surface area (Å²) in [5, 5.41) is 0.718. The first kappa shape index (κ1) is 20.8. The number of rotatable bonds is 6. The average Bonchev–Trinajstić information content (AvgIpc) is 3.38. The van der Waals surface area contributed by atoms with E-state index in [-0.39, 0.29) is 18.3 Å². The zero-order valence-electron chi connectivity index (χ0n) is 15.0. The summed E-state index contributed by atoms with van der Waals surface area (Å²) >= 11 is 8.87. The predicted molar refractivity (Wildman–Crippen MR) is 119 cm³/mol. The molecule has 0 aliphatic rings. The number of thiazole rings is 1. The van der Waals surface area contributed by atoms with Crippen molar-refractivity contribution in [3.63, 3.8) is 0 Å². The summed E-state index contributed by atoms with van der Waals surface area (Å²) in [5.74, 6) is -0.0618. The monoisotopic (exact) mass is 452 g/mol. The van der Waals surface area contributed by atoms with Gasteiger partial charge >= 0.3 is 0 Å². The van der Waals surface area contributed by atoms with Crippen LogP contribution < -0.4 is 4.90 Å². The van der Waals surface area contributed by atoms with Gasteiger partial charge in [0.15, 0.2) is 5.13 Å². The molecule has 3 heterocycles. The molecule has 0 atom stereocenters. The summed E-state index contributed by atoms with van der Waals surface area (Å²) < 4.78 is 3.70. The summed E-state index contributed by atoms with van der Waals surface area (Å²) in [7, 11) is 0. The molecular formula is C19H18Cl2N4OS2. The highest BCUT2D eigenvalue weighted by Gasteiger charge is 2.22. The van der Waals surface area contributed by atoms with Crippen molar-refractivity contribution in [2.45, 2.75) is 19.9 Å². The van der Waals surface area contributed by atoms with Crippen LogP contribution in [0.3, 0.4) is 0 Å². The van der Waals surface area contributed by atoms with Crippen molar-refractivity contribution < 1.29 is 4.79 Å². The van der Waals surface area contributed by atoms with Crippen LogP contribution in [0.25, 0.3) is 10.2 Å². The summed E-state index contributed by atoms with van der Waals surface area (Å²) in [6.07, 6.45) is 6.26. The Morgan fingerprint density at radius 3 is 2.82 bits per heavy atom. The second-order valence-corrected chi connectivity index (χ2v) is 8.91. The Balaban J connectivity index is 0.00000225. The Bertz CT molecular complexity index is 1070. The fraction of sp³-hybridized carbons (Fsp3) is 0.211. The van der Waals surface area contributed by atoms with Crippen LogP contribution in [0, 0.1) is 6.92 Å². The lowest BCUT2D eigenvalue weighted by molar-refractivity contribution is 0.0990. The highest BCUT2D eigenvalue weighted by molar-refractivity contribution is 7.22. The molecule has 0 aliphatic carbocycles. The van der Waals surface area contributed by atoms with Gasteiger partial charge in [-0.1, -0.05) is 29.0 Å². The van der Waals surface area contributed by atoms with E-state index in [1.54, 1.807) is 40.9 Å². The van der Waals surface area contributed by atoms with E-state index in [0.717, 1.165) is 28.3 Å². The van der Waals surface area contributed by atoms with Crippen molar-refractivity contribution in [3.05, 3.63) is 63.8 Å². The molecule has 0 saturated carbocycles. The number of anilines is 1. The molecule has 0 aliphatic heterocycles. The molecule has 0 N–H and O–H groups in total. The van der Waals surface area contributed by atoms with E-state index < -0.39 is 0 Å². The van der Waals surface area contributed by atoms with E-state index in [9.17, 15) is 4.79 Å². The SMILES string of the molecule is Cc1ccc2nc(N(CCCn3ccnc3)C(=O)c3ccc(Cl)s3)sc2c1.Cl. The number of hydrogen-bond donors (Lipinski definition) is 0. The second-order valence-electron chi connectivity index (χ2n) is 6.18. The van der Waals surface area contributed by atoms with Crippen LogP contribution in [0.4, 0.5) is 5.13 Å². The number of aromatic nitrogens is 3. The maximum absolute atomic E-state index is 13.1. The third-order valence-corrected chi connectivity index (χ3v) is 6.41. The molecule has 146 valence electrons. The van der Waals surface area contributed by atoms with Crippen molar-refractivity contribution in [2.75, 3.05) is 11.4 Å². The number of benzene rings is 1. The van der Waals surface area contributed by atoms with E-state index in [4.69, 9.17) is 16.6 Å². The van der Waals surface area contributed by atoms with Crippen LogP contribution in [-0.2, 0) is 6.54 Å². The Labute approximate surface area is 182 Å². The molecule has 0 bridgehead atoms. The number of fused-ring (bicyclic) bond motifs is 1. The van der Waals surface area contributed by atoms with Crippen LogP contribution in [0.2, 0.25) is 4.34 Å². The highest BCUT2D eigenvalue weighted by Crippen LogP contribution is 2.32. The summed E-state index contributed by atoms with van der Waals surface area (Å²) in [5.41, 5.74) is 2.10. The number of amides is 1. The number of thiophene rings is 1. The number of hydrogen-bond acceptors (Lipinski definition) is 5. The van der Waals surface area contributed by atoms with Crippen LogP contribution in [-0.4, -0.2) is 27.0 Å². The minimum Gasteiger partial charge on any atom is -0.337 e. The summed E-state index contributed by atoms with van der Waals surface area (Å²) in [6.45, 7) is 3.42. The maximum Gasteiger partial charge on any atom is 0.270 e. The molecule has 28 heavy (non-hydrogen) atoms. The topological polar surface area (TPSA) is 51.0 Å². The van der Waals surface area contributed by atoms with Gasteiger partial charge in [0.05, 0.1) is 25.8 Å². The van der Waals surface area contributed by atoms with Gasteiger partial charge in [-0.2, -0.15) is 0 Å². The molecule has 0 radical (unpaired) electrons. The van der Waals surface area contributed by atoms with Crippen molar-refractivity contribution in [2.24, 2.45) is 0 Å².